The molecule has 0 aromatic carbocycles. The van der Waals surface area contributed by atoms with Gasteiger partial charge in [0.25, 0.3) is 0 Å². The van der Waals surface area contributed by atoms with Crippen molar-refractivity contribution in [3.8, 4) is 0 Å². The summed E-state index contributed by atoms with van der Waals surface area (Å²) in [7, 11) is 0. The Morgan fingerprint density at radius 1 is 1.48 bits per heavy atom. The van der Waals surface area contributed by atoms with Gasteiger partial charge in [0.05, 0.1) is 12.1 Å². The first kappa shape index (κ1) is 15.8. The van der Waals surface area contributed by atoms with E-state index in [2.05, 4.69) is 4.98 Å². The van der Waals surface area contributed by atoms with Gasteiger partial charge in [0.15, 0.2) is 5.69 Å². The van der Waals surface area contributed by atoms with Gasteiger partial charge in [-0.1, -0.05) is 11.6 Å². The lowest BCUT2D eigenvalue weighted by molar-refractivity contribution is 0.0519. The van der Waals surface area contributed by atoms with Crippen LogP contribution in [0.15, 0.2) is 12.3 Å². The molecule has 0 atom stereocenters. The minimum absolute atomic E-state index is 0.175. The number of pyridine rings is 1. The highest BCUT2D eigenvalue weighted by Gasteiger charge is 2.16. The second-order valence-electron chi connectivity index (χ2n) is 4.85. The number of aromatic nitrogens is 2. The monoisotopic (exact) mass is 310 g/mol. The lowest BCUT2D eigenvalue weighted by Gasteiger charge is -2.07. The molecule has 0 unspecified atom stereocenters. The number of carbonyl (C=O) groups is 1. The fourth-order valence-electron chi connectivity index (χ4n) is 2.35. The molecule has 21 heavy (non-hydrogen) atoms. The van der Waals surface area contributed by atoms with E-state index < -0.39 is 5.97 Å². The zero-order valence-corrected chi connectivity index (χ0v) is 13.0. The molecule has 2 heterocycles. The molecule has 0 bridgehead atoms. The minimum atomic E-state index is -0.470. The second-order valence-corrected chi connectivity index (χ2v) is 5.21. The lowest BCUT2D eigenvalue weighted by atomic mass is 10.2. The number of nitrogens with zero attached hydrogens (tertiary/aromatic N) is 2. The maximum atomic E-state index is 11.8. The third-order valence-corrected chi connectivity index (χ3v) is 3.57. The molecule has 0 saturated heterocycles. The van der Waals surface area contributed by atoms with Gasteiger partial charge in [-0.05, 0) is 38.3 Å². The summed E-state index contributed by atoms with van der Waals surface area (Å²) >= 11 is 6.21. The maximum absolute atomic E-state index is 11.8. The van der Waals surface area contributed by atoms with Gasteiger partial charge in [0, 0.05) is 24.7 Å². The van der Waals surface area contributed by atoms with Crippen LogP contribution in [0.1, 0.15) is 35.8 Å². The molecule has 0 saturated carbocycles. The van der Waals surface area contributed by atoms with Gasteiger partial charge >= 0.3 is 5.97 Å². The number of halogens is 1. The zero-order valence-electron chi connectivity index (χ0n) is 12.2. The van der Waals surface area contributed by atoms with E-state index in [9.17, 15) is 4.79 Å². The summed E-state index contributed by atoms with van der Waals surface area (Å²) in [5, 5.41) is 10.1. The maximum Gasteiger partial charge on any atom is 0.357 e. The van der Waals surface area contributed by atoms with Gasteiger partial charge in [-0.2, -0.15) is 0 Å². The summed E-state index contributed by atoms with van der Waals surface area (Å²) in [5.41, 5.74) is 2.10. The van der Waals surface area contributed by atoms with Crippen LogP contribution in [0.2, 0.25) is 5.15 Å². The Balaban J connectivity index is 2.44. The number of ether oxygens (including phenoxy) is 1. The molecule has 0 radical (unpaired) electrons. The van der Waals surface area contributed by atoms with Gasteiger partial charge in [-0.15, -0.1) is 0 Å². The summed E-state index contributed by atoms with van der Waals surface area (Å²) in [4.78, 5) is 16.0. The normalized spacial score (nSPS) is 11.0. The van der Waals surface area contributed by atoms with Crippen molar-refractivity contribution in [3.05, 3.63) is 28.7 Å². The molecule has 0 spiro atoms. The van der Waals surface area contributed by atoms with Crippen molar-refractivity contribution < 1.29 is 14.6 Å². The molecule has 1 N–H and O–H groups in total. The Hall–Kier alpha value is -1.59. The molecule has 2 rings (SSSR count). The molecule has 0 amide bonds. The van der Waals surface area contributed by atoms with E-state index in [-0.39, 0.29) is 12.3 Å². The molecule has 6 heteroatoms. The Labute approximate surface area is 128 Å². The van der Waals surface area contributed by atoms with Crippen molar-refractivity contribution in [1.29, 1.82) is 0 Å². The summed E-state index contributed by atoms with van der Waals surface area (Å²) in [6.07, 6.45) is 3.58. The third-order valence-electron chi connectivity index (χ3n) is 3.30. The largest absolute Gasteiger partial charge is 0.461 e. The quantitative estimate of drug-likeness (QED) is 0.506. The van der Waals surface area contributed by atoms with E-state index in [1.54, 1.807) is 13.0 Å². The predicted octanol–water partition coefficient (Wildman–Crippen LogP) is 2.95. The highest BCUT2D eigenvalue weighted by Crippen LogP contribution is 2.28. The van der Waals surface area contributed by atoms with Crippen LogP contribution in [-0.2, 0) is 11.3 Å². The van der Waals surface area contributed by atoms with Crippen LogP contribution in [0, 0.1) is 6.92 Å². The number of aliphatic hydroxyl groups is 1. The van der Waals surface area contributed by atoms with Crippen molar-refractivity contribution in [1.82, 2.24) is 9.55 Å². The Kier molecular flexibility index (Phi) is 5.20. The average Bonchev–Trinajstić information content (AvgIpc) is 2.76. The van der Waals surface area contributed by atoms with E-state index in [0.717, 1.165) is 35.9 Å². The molecule has 0 aliphatic carbocycles. The number of hydrogen-bond acceptors (Lipinski definition) is 4. The van der Waals surface area contributed by atoms with Crippen LogP contribution in [0.25, 0.3) is 10.9 Å². The molecule has 0 fully saturated rings. The Morgan fingerprint density at radius 3 is 2.90 bits per heavy atom. The van der Waals surface area contributed by atoms with Crippen LogP contribution < -0.4 is 0 Å². The van der Waals surface area contributed by atoms with Gasteiger partial charge in [-0.25, -0.2) is 9.78 Å². The van der Waals surface area contributed by atoms with E-state index in [1.165, 1.54) is 0 Å². The molecule has 5 nitrogen and oxygen atoms in total. The third kappa shape index (κ3) is 3.36. The number of carbonyl (C=O) groups excluding carboxylic acids is 1. The fourth-order valence-corrected chi connectivity index (χ4v) is 2.69. The molecular formula is C15H19ClN2O3. The molecular weight excluding hydrogens is 292 g/mol. The average molecular weight is 311 g/mol. The SMILES string of the molecule is CCOC(=O)c1cc2c(c(C)cn2CCCCO)c(Cl)n1. The zero-order chi connectivity index (χ0) is 15.4. The molecule has 2 aromatic heterocycles. The van der Waals surface area contributed by atoms with Crippen LogP contribution >= 0.6 is 11.6 Å². The summed E-state index contributed by atoms with van der Waals surface area (Å²) in [5.74, 6) is -0.470. The van der Waals surface area contributed by atoms with Gasteiger partial charge in [-0.3, -0.25) is 0 Å². The Bertz CT molecular complexity index is 652. The molecule has 2 aromatic rings. The molecule has 0 aliphatic heterocycles. The van der Waals surface area contributed by atoms with E-state index in [0.29, 0.717) is 11.8 Å². The first-order valence-electron chi connectivity index (χ1n) is 7.02. The summed E-state index contributed by atoms with van der Waals surface area (Å²) < 4.78 is 7.01. The van der Waals surface area contributed by atoms with Crippen LogP contribution in [0.4, 0.5) is 0 Å². The molecule has 0 aliphatic rings. The lowest BCUT2D eigenvalue weighted by Crippen LogP contribution is -2.08. The van der Waals surface area contributed by atoms with Crippen LogP contribution in [0.5, 0.6) is 0 Å². The number of rotatable bonds is 6. The minimum Gasteiger partial charge on any atom is -0.461 e. The summed E-state index contributed by atoms with van der Waals surface area (Å²) in [6.45, 7) is 4.94. The predicted molar refractivity (Wildman–Crippen MR) is 81.8 cm³/mol. The first-order valence-corrected chi connectivity index (χ1v) is 7.40. The number of hydrogen-bond donors (Lipinski definition) is 1. The standard InChI is InChI=1S/C15H19ClN2O3/c1-3-21-15(20)11-8-12-13(14(16)17-11)10(2)9-18(12)6-4-5-7-19/h8-9,19H,3-7H2,1-2H3. The van der Waals surface area contributed by atoms with Crippen molar-refractivity contribution in [2.45, 2.75) is 33.2 Å². The highest BCUT2D eigenvalue weighted by atomic mass is 35.5. The first-order chi connectivity index (χ1) is 10.1. The number of fused-ring (bicyclic) bond motifs is 1. The second kappa shape index (κ2) is 6.91. The van der Waals surface area contributed by atoms with Crippen molar-refractivity contribution >= 4 is 28.5 Å². The van der Waals surface area contributed by atoms with E-state index in [1.807, 2.05) is 17.7 Å². The Morgan fingerprint density at radius 2 is 2.24 bits per heavy atom. The van der Waals surface area contributed by atoms with Crippen LogP contribution in [-0.4, -0.2) is 33.8 Å². The summed E-state index contributed by atoms with van der Waals surface area (Å²) in [6, 6.07) is 1.71. The van der Waals surface area contributed by atoms with Crippen LogP contribution in [0.3, 0.4) is 0 Å². The van der Waals surface area contributed by atoms with Gasteiger partial charge < -0.3 is 14.4 Å². The van der Waals surface area contributed by atoms with E-state index >= 15 is 0 Å². The fraction of sp³-hybridized carbons (Fsp3) is 0.467. The number of unbranched alkanes of at least 4 members (excludes halogenated alkanes) is 1. The molecule has 114 valence electrons. The van der Waals surface area contributed by atoms with Gasteiger partial charge in [0.1, 0.15) is 5.15 Å². The van der Waals surface area contributed by atoms with Crippen molar-refractivity contribution in [2.75, 3.05) is 13.2 Å². The topological polar surface area (TPSA) is 64.3 Å². The van der Waals surface area contributed by atoms with Gasteiger partial charge in [0.2, 0.25) is 0 Å². The smallest absolute Gasteiger partial charge is 0.357 e. The highest BCUT2D eigenvalue weighted by molar-refractivity contribution is 6.34. The van der Waals surface area contributed by atoms with Crippen molar-refractivity contribution in [2.24, 2.45) is 0 Å². The number of aliphatic hydroxyl groups excluding tert-OH is 1. The number of esters is 1. The van der Waals surface area contributed by atoms with Crippen molar-refractivity contribution in [3.63, 3.8) is 0 Å². The number of aryl methyl sites for hydroxylation is 2. The van der Waals surface area contributed by atoms with E-state index in [4.69, 9.17) is 21.4 Å².